The summed E-state index contributed by atoms with van der Waals surface area (Å²) in [4.78, 5) is 32.3. The van der Waals surface area contributed by atoms with Gasteiger partial charge in [-0.05, 0) is 49.4 Å². The topological polar surface area (TPSA) is 92.7 Å². The minimum atomic E-state index is -0.582. The van der Waals surface area contributed by atoms with E-state index in [9.17, 15) is 9.59 Å². The largest absolute Gasteiger partial charge is 0.493 e. The van der Waals surface area contributed by atoms with Gasteiger partial charge in [0.05, 0.1) is 38.9 Å². The number of para-hydroxylation sites is 1. The van der Waals surface area contributed by atoms with Gasteiger partial charge in [0, 0.05) is 36.4 Å². The minimum Gasteiger partial charge on any atom is -0.493 e. The van der Waals surface area contributed by atoms with Gasteiger partial charge in [-0.2, -0.15) is 0 Å². The second kappa shape index (κ2) is 13.6. The number of hydrogen-bond acceptors (Lipinski definition) is 8. The molecule has 1 saturated carbocycles. The summed E-state index contributed by atoms with van der Waals surface area (Å²) in [6.45, 7) is 4.87. The lowest BCUT2D eigenvalue weighted by Crippen LogP contribution is -2.41. The van der Waals surface area contributed by atoms with Crippen LogP contribution < -0.4 is 14.2 Å². The summed E-state index contributed by atoms with van der Waals surface area (Å²) in [5, 5.41) is 0. The fourth-order valence-electron chi connectivity index (χ4n) is 5.61. The Kier molecular flexibility index (Phi) is 9.98. The van der Waals surface area contributed by atoms with Gasteiger partial charge in [0.1, 0.15) is 18.1 Å². The Labute approximate surface area is 236 Å². The van der Waals surface area contributed by atoms with Crippen molar-refractivity contribution in [3.63, 3.8) is 0 Å². The summed E-state index contributed by atoms with van der Waals surface area (Å²) in [5.41, 5.74) is 3.51. The highest BCUT2D eigenvalue weighted by atomic mass is 16.6. The average Bonchev–Trinajstić information content (AvgIpc) is 2.96. The first-order chi connectivity index (χ1) is 19.4. The van der Waals surface area contributed by atoms with Crippen molar-refractivity contribution in [3.8, 4) is 17.2 Å². The van der Waals surface area contributed by atoms with E-state index in [2.05, 4.69) is 6.92 Å². The molecule has 1 heterocycles. The number of carbonyl (C=O) groups is 2. The van der Waals surface area contributed by atoms with Crippen LogP contribution in [-0.4, -0.2) is 58.6 Å². The molecule has 0 aromatic heterocycles. The zero-order valence-electron chi connectivity index (χ0n) is 24.0. The molecule has 8 heteroatoms. The van der Waals surface area contributed by atoms with E-state index in [1.807, 2.05) is 49.4 Å². The molecule has 3 atom stereocenters. The second-order valence-electron chi connectivity index (χ2n) is 10.1. The zero-order chi connectivity index (χ0) is 28.6. The fraction of sp³-hybridized carbons (Fsp3) is 0.469. The first-order valence-electron chi connectivity index (χ1n) is 13.8. The summed E-state index contributed by atoms with van der Waals surface area (Å²) in [7, 11) is 4.75. The van der Waals surface area contributed by atoms with Crippen molar-refractivity contribution in [2.75, 3.05) is 41.2 Å². The van der Waals surface area contributed by atoms with E-state index in [-0.39, 0.29) is 24.9 Å². The maximum absolute atomic E-state index is 14.0. The summed E-state index contributed by atoms with van der Waals surface area (Å²) < 4.78 is 27.7. The van der Waals surface area contributed by atoms with Crippen molar-refractivity contribution in [1.82, 2.24) is 0 Å². The van der Waals surface area contributed by atoms with Crippen LogP contribution in [0.5, 0.6) is 17.2 Å². The van der Waals surface area contributed by atoms with Crippen LogP contribution in [0.4, 0.5) is 0 Å². The summed E-state index contributed by atoms with van der Waals surface area (Å²) >= 11 is 0. The molecule has 1 aliphatic heterocycles. The molecule has 0 saturated heterocycles. The van der Waals surface area contributed by atoms with Gasteiger partial charge in [0.15, 0.2) is 11.5 Å². The first-order valence-corrected chi connectivity index (χ1v) is 13.8. The van der Waals surface area contributed by atoms with Gasteiger partial charge >= 0.3 is 5.97 Å². The number of methoxy groups -OCH3 is 3. The maximum atomic E-state index is 14.0. The zero-order valence-corrected chi connectivity index (χ0v) is 24.0. The Morgan fingerprint density at radius 1 is 0.925 bits per heavy atom. The fourth-order valence-corrected chi connectivity index (χ4v) is 5.61. The van der Waals surface area contributed by atoms with E-state index >= 15 is 0 Å². The summed E-state index contributed by atoms with van der Waals surface area (Å²) in [6, 6.07) is 13.4. The molecule has 0 spiro atoms. The van der Waals surface area contributed by atoms with Crippen LogP contribution in [0.15, 0.2) is 58.7 Å². The lowest BCUT2D eigenvalue weighted by Gasteiger charge is -2.38. The van der Waals surface area contributed by atoms with Crippen LogP contribution in [0.3, 0.4) is 0 Å². The molecule has 0 amide bonds. The number of benzene rings is 2. The Morgan fingerprint density at radius 3 is 2.42 bits per heavy atom. The van der Waals surface area contributed by atoms with Crippen molar-refractivity contribution >= 4 is 17.5 Å². The number of allylic oxidation sites excluding steroid dienone is 1. The van der Waals surface area contributed by atoms with E-state index < -0.39 is 17.8 Å². The number of carbonyl (C=O) groups excluding carboxylic acids is 2. The molecule has 214 valence electrons. The number of ether oxygens (including phenoxy) is 5. The number of esters is 1. The van der Waals surface area contributed by atoms with Crippen LogP contribution in [-0.2, 0) is 19.1 Å². The third-order valence-electron chi connectivity index (χ3n) is 7.58. The van der Waals surface area contributed by atoms with Crippen molar-refractivity contribution in [2.45, 2.75) is 51.4 Å². The van der Waals surface area contributed by atoms with Gasteiger partial charge in [0.25, 0.3) is 0 Å². The standard InChI is InChI=1S/C32H39NO7/c1-6-7-14-39-26-11-9-8-10-23(26)30-29(32(35)40-16-15-36-3)20(2)33-24-17-22(18-25(34)31(24)30)21-12-13-27(37-4)28(19-21)38-5/h8-13,19,22,30-31H,6-7,14-18H2,1-5H3/t22-,30+,31?/m1/s1. The molecule has 40 heavy (non-hydrogen) atoms. The molecular weight excluding hydrogens is 510 g/mol. The van der Waals surface area contributed by atoms with Gasteiger partial charge in [0.2, 0.25) is 0 Å². The highest BCUT2D eigenvalue weighted by molar-refractivity contribution is 6.12. The Balaban J connectivity index is 1.75. The SMILES string of the molecule is CCCCOc1ccccc1[C@H]1C(C(=O)OCCOC)=C(C)N=C2C[C@@H](c3ccc(OC)c(OC)c3)CC(=O)C21. The molecule has 1 aliphatic carbocycles. The van der Waals surface area contributed by atoms with E-state index in [0.29, 0.717) is 48.0 Å². The van der Waals surface area contributed by atoms with Gasteiger partial charge in [-0.3, -0.25) is 9.79 Å². The molecule has 2 aliphatic rings. The van der Waals surface area contributed by atoms with E-state index in [0.717, 1.165) is 29.7 Å². The third kappa shape index (κ3) is 6.22. The van der Waals surface area contributed by atoms with Crippen molar-refractivity contribution < 1.29 is 33.3 Å². The normalized spacial score (nSPS) is 20.5. The Hall–Kier alpha value is -3.65. The number of rotatable bonds is 12. The molecule has 1 fully saturated rings. The number of Topliss-reactive ketones (excluding diaryl/α,β-unsaturated/α-hetero) is 1. The summed E-state index contributed by atoms with van der Waals surface area (Å²) in [6.07, 6.45) is 2.81. The minimum absolute atomic E-state index is 0.0350. The predicted octanol–water partition coefficient (Wildman–Crippen LogP) is 5.65. The third-order valence-corrected chi connectivity index (χ3v) is 7.58. The molecule has 8 nitrogen and oxygen atoms in total. The molecule has 4 rings (SSSR count). The Bertz CT molecular complexity index is 1280. The molecule has 1 unspecified atom stereocenters. The van der Waals surface area contributed by atoms with Gasteiger partial charge in [-0.25, -0.2) is 4.79 Å². The number of aliphatic imine (C=N–C) groups is 1. The smallest absolute Gasteiger partial charge is 0.336 e. The molecular formula is C32H39NO7. The lowest BCUT2D eigenvalue weighted by atomic mass is 9.66. The highest BCUT2D eigenvalue weighted by Crippen LogP contribution is 2.48. The molecule has 0 bridgehead atoms. The number of fused-ring (bicyclic) bond motifs is 1. The lowest BCUT2D eigenvalue weighted by molar-refractivity contribution is -0.140. The molecule has 2 aromatic rings. The van der Waals surface area contributed by atoms with Gasteiger partial charge < -0.3 is 23.7 Å². The summed E-state index contributed by atoms with van der Waals surface area (Å²) in [5.74, 6) is 0.271. The number of hydrogen-bond donors (Lipinski definition) is 0. The quantitative estimate of drug-likeness (QED) is 0.250. The van der Waals surface area contributed by atoms with Crippen molar-refractivity contribution in [3.05, 3.63) is 64.9 Å². The van der Waals surface area contributed by atoms with Crippen LogP contribution in [0.1, 0.15) is 62.5 Å². The first kappa shape index (κ1) is 29.3. The van der Waals surface area contributed by atoms with E-state index in [1.165, 1.54) is 0 Å². The average molecular weight is 550 g/mol. The van der Waals surface area contributed by atoms with Gasteiger partial charge in [-0.1, -0.05) is 37.6 Å². The van der Waals surface area contributed by atoms with Gasteiger partial charge in [-0.15, -0.1) is 0 Å². The van der Waals surface area contributed by atoms with Crippen LogP contribution in [0, 0.1) is 5.92 Å². The van der Waals surface area contributed by atoms with E-state index in [1.54, 1.807) is 21.3 Å². The van der Waals surface area contributed by atoms with Crippen molar-refractivity contribution in [2.24, 2.45) is 10.9 Å². The van der Waals surface area contributed by atoms with Crippen LogP contribution >= 0.6 is 0 Å². The van der Waals surface area contributed by atoms with Crippen LogP contribution in [0.25, 0.3) is 0 Å². The molecule has 2 aromatic carbocycles. The second-order valence-corrected chi connectivity index (χ2v) is 10.1. The molecule has 0 N–H and O–H groups in total. The highest BCUT2D eigenvalue weighted by Gasteiger charge is 2.47. The number of ketones is 1. The van der Waals surface area contributed by atoms with E-state index in [4.69, 9.17) is 28.7 Å². The predicted molar refractivity (Wildman–Crippen MR) is 153 cm³/mol. The maximum Gasteiger partial charge on any atom is 0.336 e. The van der Waals surface area contributed by atoms with Crippen LogP contribution in [0.2, 0.25) is 0 Å². The molecule has 0 radical (unpaired) electrons. The van der Waals surface area contributed by atoms with Crippen molar-refractivity contribution in [1.29, 1.82) is 0 Å². The Morgan fingerprint density at radius 2 is 1.70 bits per heavy atom. The monoisotopic (exact) mass is 549 g/mol. The number of unbranched alkanes of at least 4 members (excludes halogenated alkanes) is 1. The number of nitrogens with zero attached hydrogens (tertiary/aromatic N) is 1.